The van der Waals surface area contributed by atoms with Gasteiger partial charge in [0.05, 0.1) is 12.8 Å². The summed E-state index contributed by atoms with van der Waals surface area (Å²) in [6.45, 7) is 9.12. The number of nitrogens with zero attached hydrogens (tertiary/aromatic N) is 4. The summed E-state index contributed by atoms with van der Waals surface area (Å²) >= 11 is 0. The van der Waals surface area contributed by atoms with Gasteiger partial charge in [0.1, 0.15) is 5.56 Å². The predicted octanol–water partition coefficient (Wildman–Crippen LogP) is 2.05. The van der Waals surface area contributed by atoms with Crippen LogP contribution in [-0.4, -0.2) is 38.2 Å². The number of carbonyl (C=O) groups excluding carboxylic acids is 2. The Bertz CT molecular complexity index is 747. The number of hydrogen-bond acceptors (Lipinski definition) is 6. The minimum Gasteiger partial charge on any atom is -0.462 e. The molecule has 24 heavy (non-hydrogen) atoms. The zero-order valence-corrected chi connectivity index (χ0v) is 14.5. The highest BCUT2D eigenvalue weighted by Gasteiger charge is 2.23. The molecule has 0 saturated heterocycles. The van der Waals surface area contributed by atoms with Gasteiger partial charge in [-0.05, 0) is 26.8 Å². The van der Waals surface area contributed by atoms with Crippen molar-refractivity contribution >= 4 is 17.7 Å². The van der Waals surface area contributed by atoms with Gasteiger partial charge in [-0.15, -0.1) is 0 Å². The summed E-state index contributed by atoms with van der Waals surface area (Å²) < 4.78 is 6.36. The minimum absolute atomic E-state index is 0.161. The molecule has 2 aromatic heterocycles. The molecule has 0 aromatic carbocycles. The maximum atomic E-state index is 12.1. The van der Waals surface area contributed by atoms with Gasteiger partial charge in [-0.25, -0.2) is 14.8 Å². The molecular formula is C16H21N5O3. The van der Waals surface area contributed by atoms with E-state index in [1.54, 1.807) is 20.8 Å². The standard InChI is InChI=1S/C16H21N5O3/c1-6-24-15(23)12-8-17-21(13(12)20-14(22)9(2)3)16-18-10(4)7-11(5)19-16/h7-9H,6H2,1-5H3,(H,20,22). The fourth-order valence-electron chi connectivity index (χ4n) is 2.04. The van der Waals surface area contributed by atoms with Crippen molar-refractivity contribution in [2.24, 2.45) is 5.92 Å². The van der Waals surface area contributed by atoms with Crippen LogP contribution >= 0.6 is 0 Å². The zero-order chi connectivity index (χ0) is 17.9. The minimum atomic E-state index is -0.563. The van der Waals surface area contributed by atoms with Gasteiger partial charge < -0.3 is 10.1 Å². The molecule has 0 aliphatic carbocycles. The van der Waals surface area contributed by atoms with Crippen molar-refractivity contribution in [3.05, 3.63) is 29.2 Å². The van der Waals surface area contributed by atoms with E-state index in [0.717, 1.165) is 11.4 Å². The molecule has 0 bridgehead atoms. The van der Waals surface area contributed by atoms with E-state index in [1.165, 1.54) is 10.9 Å². The Morgan fingerprint density at radius 3 is 2.42 bits per heavy atom. The van der Waals surface area contributed by atoms with Crippen LogP contribution < -0.4 is 5.32 Å². The Morgan fingerprint density at radius 2 is 1.88 bits per heavy atom. The van der Waals surface area contributed by atoms with Crippen LogP contribution in [0.4, 0.5) is 5.82 Å². The quantitative estimate of drug-likeness (QED) is 0.842. The van der Waals surface area contributed by atoms with Crippen LogP contribution in [0.3, 0.4) is 0 Å². The second-order valence-electron chi connectivity index (χ2n) is 5.63. The summed E-state index contributed by atoms with van der Waals surface area (Å²) in [6, 6.07) is 1.83. The molecule has 8 heteroatoms. The smallest absolute Gasteiger partial charge is 0.343 e. The highest BCUT2D eigenvalue weighted by Crippen LogP contribution is 2.20. The van der Waals surface area contributed by atoms with Crippen molar-refractivity contribution in [3.63, 3.8) is 0 Å². The summed E-state index contributed by atoms with van der Waals surface area (Å²) in [5.74, 6) is -0.582. The lowest BCUT2D eigenvalue weighted by Gasteiger charge is -2.12. The Kier molecular flexibility index (Phi) is 5.28. The SMILES string of the molecule is CCOC(=O)c1cnn(-c2nc(C)cc(C)n2)c1NC(=O)C(C)C. The first-order valence-electron chi connectivity index (χ1n) is 7.72. The first-order chi connectivity index (χ1) is 11.3. The molecule has 0 saturated carbocycles. The molecule has 2 aromatic rings. The first-order valence-corrected chi connectivity index (χ1v) is 7.72. The molecule has 0 atom stereocenters. The summed E-state index contributed by atoms with van der Waals surface area (Å²) in [5.41, 5.74) is 1.67. The molecule has 0 unspecified atom stereocenters. The van der Waals surface area contributed by atoms with Gasteiger partial charge in [-0.1, -0.05) is 13.8 Å². The fraction of sp³-hybridized carbons (Fsp3) is 0.438. The molecule has 0 spiro atoms. The van der Waals surface area contributed by atoms with E-state index >= 15 is 0 Å². The van der Waals surface area contributed by atoms with Crippen molar-refractivity contribution in [1.82, 2.24) is 19.7 Å². The summed E-state index contributed by atoms with van der Waals surface area (Å²) in [5, 5.41) is 6.88. The Balaban J connectivity index is 2.54. The third kappa shape index (κ3) is 3.76. The Hall–Kier alpha value is -2.77. The number of amides is 1. The van der Waals surface area contributed by atoms with Gasteiger partial charge in [0, 0.05) is 17.3 Å². The number of nitrogens with one attached hydrogen (secondary N) is 1. The maximum absolute atomic E-state index is 12.1. The number of aromatic nitrogens is 4. The topological polar surface area (TPSA) is 99.0 Å². The third-order valence-electron chi connectivity index (χ3n) is 3.19. The summed E-state index contributed by atoms with van der Waals surface area (Å²) in [6.07, 6.45) is 1.34. The molecule has 0 aliphatic heterocycles. The van der Waals surface area contributed by atoms with Gasteiger partial charge in [0.2, 0.25) is 5.91 Å². The van der Waals surface area contributed by atoms with Gasteiger partial charge >= 0.3 is 5.97 Å². The normalized spacial score (nSPS) is 10.8. The molecule has 1 amide bonds. The average Bonchev–Trinajstić information content (AvgIpc) is 2.90. The Labute approximate surface area is 140 Å². The van der Waals surface area contributed by atoms with E-state index in [0.29, 0.717) is 0 Å². The molecule has 0 aliphatic rings. The van der Waals surface area contributed by atoms with Crippen molar-refractivity contribution in [2.75, 3.05) is 11.9 Å². The number of esters is 1. The molecule has 0 radical (unpaired) electrons. The Morgan fingerprint density at radius 1 is 1.25 bits per heavy atom. The van der Waals surface area contributed by atoms with E-state index in [-0.39, 0.29) is 35.8 Å². The van der Waals surface area contributed by atoms with Crippen LogP contribution in [0.15, 0.2) is 12.3 Å². The molecule has 2 heterocycles. The maximum Gasteiger partial charge on any atom is 0.343 e. The summed E-state index contributed by atoms with van der Waals surface area (Å²) in [4.78, 5) is 32.9. The lowest BCUT2D eigenvalue weighted by molar-refractivity contribution is -0.118. The highest BCUT2D eigenvalue weighted by atomic mass is 16.5. The molecular weight excluding hydrogens is 310 g/mol. The molecule has 1 N–H and O–H groups in total. The first kappa shape index (κ1) is 17.6. The number of carbonyl (C=O) groups is 2. The van der Waals surface area contributed by atoms with E-state index in [2.05, 4.69) is 20.4 Å². The average molecular weight is 331 g/mol. The molecule has 128 valence electrons. The predicted molar refractivity (Wildman–Crippen MR) is 88.1 cm³/mol. The number of aryl methyl sites for hydroxylation is 2. The third-order valence-corrected chi connectivity index (χ3v) is 3.19. The van der Waals surface area contributed by atoms with E-state index < -0.39 is 5.97 Å². The second-order valence-corrected chi connectivity index (χ2v) is 5.63. The number of ether oxygens (including phenoxy) is 1. The zero-order valence-electron chi connectivity index (χ0n) is 14.5. The molecule has 0 fully saturated rings. The van der Waals surface area contributed by atoms with Crippen molar-refractivity contribution in [1.29, 1.82) is 0 Å². The lowest BCUT2D eigenvalue weighted by atomic mass is 10.2. The fourth-order valence-corrected chi connectivity index (χ4v) is 2.04. The highest BCUT2D eigenvalue weighted by molar-refractivity contribution is 6.00. The number of hydrogen-bond donors (Lipinski definition) is 1. The van der Waals surface area contributed by atoms with Crippen molar-refractivity contribution in [2.45, 2.75) is 34.6 Å². The van der Waals surface area contributed by atoms with E-state index in [4.69, 9.17) is 4.74 Å². The second kappa shape index (κ2) is 7.20. The van der Waals surface area contributed by atoms with Gasteiger partial charge in [-0.3, -0.25) is 4.79 Å². The van der Waals surface area contributed by atoms with Gasteiger partial charge in [0.25, 0.3) is 5.95 Å². The van der Waals surface area contributed by atoms with Gasteiger partial charge in [-0.2, -0.15) is 9.78 Å². The van der Waals surface area contributed by atoms with Crippen LogP contribution in [0.5, 0.6) is 0 Å². The van der Waals surface area contributed by atoms with Crippen LogP contribution in [-0.2, 0) is 9.53 Å². The van der Waals surface area contributed by atoms with Crippen molar-refractivity contribution < 1.29 is 14.3 Å². The van der Waals surface area contributed by atoms with E-state index in [9.17, 15) is 9.59 Å². The van der Waals surface area contributed by atoms with Gasteiger partial charge in [0.15, 0.2) is 5.82 Å². The van der Waals surface area contributed by atoms with Crippen LogP contribution in [0.1, 0.15) is 42.5 Å². The lowest BCUT2D eigenvalue weighted by Crippen LogP contribution is -2.22. The number of rotatable bonds is 5. The number of anilines is 1. The van der Waals surface area contributed by atoms with Crippen LogP contribution in [0, 0.1) is 19.8 Å². The van der Waals surface area contributed by atoms with Crippen LogP contribution in [0.25, 0.3) is 5.95 Å². The monoisotopic (exact) mass is 331 g/mol. The molecule has 8 nitrogen and oxygen atoms in total. The van der Waals surface area contributed by atoms with E-state index in [1.807, 2.05) is 19.9 Å². The largest absolute Gasteiger partial charge is 0.462 e. The molecule has 2 rings (SSSR count). The van der Waals surface area contributed by atoms with Crippen LogP contribution in [0.2, 0.25) is 0 Å². The summed E-state index contributed by atoms with van der Waals surface area (Å²) in [7, 11) is 0. The van der Waals surface area contributed by atoms with Crippen molar-refractivity contribution in [3.8, 4) is 5.95 Å².